The first-order valence-corrected chi connectivity index (χ1v) is 7.47. The van der Waals surface area contributed by atoms with Crippen LogP contribution in [0.5, 0.6) is 0 Å². The summed E-state index contributed by atoms with van der Waals surface area (Å²) in [6, 6.07) is 10.1. The van der Waals surface area contributed by atoms with E-state index in [4.69, 9.17) is 9.63 Å². The van der Waals surface area contributed by atoms with E-state index in [-0.39, 0.29) is 6.61 Å². The molecule has 0 aliphatic heterocycles. The van der Waals surface area contributed by atoms with E-state index in [0.29, 0.717) is 18.2 Å². The molecule has 19 heavy (non-hydrogen) atoms. The van der Waals surface area contributed by atoms with Gasteiger partial charge in [0.25, 0.3) is 0 Å². The number of hydrogen-bond acceptors (Lipinski definition) is 5. The molecule has 0 amide bonds. The SMILES string of the molecule is CC(CO)CSCc1noc(Cc2ccccc2)n1. The molecule has 2 aromatic rings. The van der Waals surface area contributed by atoms with Crippen LogP contribution in [-0.4, -0.2) is 27.6 Å². The summed E-state index contributed by atoms with van der Waals surface area (Å²) in [5.74, 6) is 3.31. The van der Waals surface area contributed by atoms with Crippen molar-refractivity contribution >= 4 is 11.8 Å². The summed E-state index contributed by atoms with van der Waals surface area (Å²) in [6.45, 7) is 2.24. The predicted molar refractivity (Wildman–Crippen MR) is 76.0 cm³/mol. The molecule has 0 spiro atoms. The van der Waals surface area contributed by atoms with Gasteiger partial charge in [0.05, 0.1) is 12.2 Å². The van der Waals surface area contributed by atoms with Gasteiger partial charge in [-0.05, 0) is 17.2 Å². The Hall–Kier alpha value is -1.33. The molecule has 0 fully saturated rings. The average Bonchev–Trinajstić information content (AvgIpc) is 2.87. The molecule has 0 saturated heterocycles. The standard InChI is InChI=1S/C14H18N2O2S/c1-11(8-17)9-19-10-13-15-14(18-16-13)7-12-5-3-2-4-6-12/h2-6,11,17H,7-10H2,1H3. The van der Waals surface area contributed by atoms with E-state index < -0.39 is 0 Å². The quantitative estimate of drug-likeness (QED) is 0.843. The molecule has 1 aromatic heterocycles. The fourth-order valence-corrected chi connectivity index (χ4v) is 2.52. The normalized spacial score (nSPS) is 12.5. The molecular formula is C14H18N2O2S. The zero-order valence-corrected chi connectivity index (χ0v) is 11.8. The second kappa shape index (κ2) is 7.31. The monoisotopic (exact) mass is 278 g/mol. The van der Waals surface area contributed by atoms with E-state index in [1.165, 1.54) is 5.56 Å². The third-order valence-electron chi connectivity index (χ3n) is 2.65. The molecule has 2 rings (SSSR count). The van der Waals surface area contributed by atoms with E-state index >= 15 is 0 Å². The lowest BCUT2D eigenvalue weighted by atomic mass is 10.1. The molecule has 5 heteroatoms. The van der Waals surface area contributed by atoms with Crippen LogP contribution in [0.4, 0.5) is 0 Å². The summed E-state index contributed by atoms with van der Waals surface area (Å²) in [4.78, 5) is 4.37. The van der Waals surface area contributed by atoms with Gasteiger partial charge < -0.3 is 9.63 Å². The van der Waals surface area contributed by atoms with Crippen molar-refractivity contribution in [1.82, 2.24) is 10.1 Å². The Labute approximate surface area is 117 Å². The molecule has 0 aliphatic rings. The van der Waals surface area contributed by atoms with Gasteiger partial charge in [-0.25, -0.2) is 0 Å². The molecule has 4 nitrogen and oxygen atoms in total. The zero-order chi connectivity index (χ0) is 13.5. The van der Waals surface area contributed by atoms with Crippen molar-refractivity contribution in [2.45, 2.75) is 19.1 Å². The van der Waals surface area contributed by atoms with Gasteiger partial charge in [-0.15, -0.1) is 0 Å². The van der Waals surface area contributed by atoms with Crippen LogP contribution in [0, 0.1) is 5.92 Å². The molecule has 0 bridgehead atoms. The largest absolute Gasteiger partial charge is 0.396 e. The van der Waals surface area contributed by atoms with E-state index in [1.807, 2.05) is 37.3 Å². The number of aliphatic hydroxyl groups excluding tert-OH is 1. The van der Waals surface area contributed by atoms with Gasteiger partial charge in [0.15, 0.2) is 5.82 Å². The average molecular weight is 278 g/mol. The Balaban J connectivity index is 1.82. The lowest BCUT2D eigenvalue weighted by Crippen LogP contribution is -2.03. The van der Waals surface area contributed by atoms with Gasteiger partial charge in [-0.3, -0.25) is 0 Å². The highest BCUT2D eigenvalue weighted by atomic mass is 32.2. The van der Waals surface area contributed by atoms with Crippen LogP contribution in [0.15, 0.2) is 34.9 Å². The minimum atomic E-state index is 0.221. The number of aliphatic hydroxyl groups is 1. The maximum atomic E-state index is 8.94. The fraction of sp³-hybridized carbons (Fsp3) is 0.429. The number of thioether (sulfide) groups is 1. The van der Waals surface area contributed by atoms with E-state index in [9.17, 15) is 0 Å². The van der Waals surface area contributed by atoms with Crippen molar-refractivity contribution in [3.63, 3.8) is 0 Å². The lowest BCUT2D eigenvalue weighted by Gasteiger charge is -2.04. The van der Waals surface area contributed by atoms with E-state index in [1.54, 1.807) is 11.8 Å². The van der Waals surface area contributed by atoms with Crippen LogP contribution in [0.1, 0.15) is 24.2 Å². The van der Waals surface area contributed by atoms with Crippen molar-refractivity contribution in [3.8, 4) is 0 Å². The highest BCUT2D eigenvalue weighted by molar-refractivity contribution is 7.98. The number of aromatic nitrogens is 2. The summed E-state index contributed by atoms with van der Waals surface area (Å²) in [6.07, 6.45) is 0.672. The van der Waals surface area contributed by atoms with E-state index in [2.05, 4.69) is 10.1 Å². The van der Waals surface area contributed by atoms with Crippen molar-refractivity contribution in [2.75, 3.05) is 12.4 Å². The maximum absolute atomic E-state index is 8.94. The van der Waals surface area contributed by atoms with Gasteiger partial charge >= 0.3 is 0 Å². The van der Waals surface area contributed by atoms with Crippen LogP contribution < -0.4 is 0 Å². The number of rotatable bonds is 7. The summed E-state index contributed by atoms with van der Waals surface area (Å²) in [7, 11) is 0. The van der Waals surface area contributed by atoms with Crippen LogP contribution in [0.25, 0.3) is 0 Å². The van der Waals surface area contributed by atoms with Crippen molar-refractivity contribution in [1.29, 1.82) is 0 Å². The van der Waals surface area contributed by atoms with Crippen molar-refractivity contribution in [3.05, 3.63) is 47.6 Å². The Morgan fingerprint density at radius 2 is 2.11 bits per heavy atom. The molecule has 102 valence electrons. The Morgan fingerprint density at radius 1 is 1.32 bits per heavy atom. The zero-order valence-electron chi connectivity index (χ0n) is 11.0. The number of hydrogen-bond donors (Lipinski definition) is 1. The first-order chi connectivity index (χ1) is 9.28. The minimum absolute atomic E-state index is 0.221. The van der Waals surface area contributed by atoms with Gasteiger partial charge in [-0.2, -0.15) is 16.7 Å². The maximum Gasteiger partial charge on any atom is 0.231 e. The summed E-state index contributed by atoms with van der Waals surface area (Å²) in [5.41, 5.74) is 1.17. The first-order valence-electron chi connectivity index (χ1n) is 6.32. The molecule has 1 aromatic carbocycles. The Bertz CT molecular complexity index is 487. The molecule has 0 radical (unpaired) electrons. The third kappa shape index (κ3) is 4.69. The van der Waals surface area contributed by atoms with Crippen LogP contribution in [0.2, 0.25) is 0 Å². The molecule has 1 heterocycles. The highest BCUT2D eigenvalue weighted by Gasteiger charge is 2.08. The molecule has 1 N–H and O–H groups in total. The first kappa shape index (κ1) is 14.1. The molecular weight excluding hydrogens is 260 g/mol. The fourth-order valence-electron chi connectivity index (χ4n) is 1.60. The van der Waals surface area contributed by atoms with Crippen LogP contribution in [0.3, 0.4) is 0 Å². The second-order valence-corrected chi connectivity index (χ2v) is 5.60. The molecule has 1 atom stereocenters. The predicted octanol–water partition coefficient (Wildman–Crippen LogP) is 2.52. The van der Waals surface area contributed by atoms with Crippen molar-refractivity contribution in [2.24, 2.45) is 5.92 Å². The van der Waals surface area contributed by atoms with Crippen LogP contribution >= 0.6 is 11.8 Å². The molecule has 1 unspecified atom stereocenters. The topological polar surface area (TPSA) is 59.2 Å². The van der Waals surface area contributed by atoms with Gasteiger partial charge in [-0.1, -0.05) is 42.4 Å². The lowest BCUT2D eigenvalue weighted by molar-refractivity contribution is 0.250. The minimum Gasteiger partial charge on any atom is -0.396 e. The smallest absolute Gasteiger partial charge is 0.231 e. The Morgan fingerprint density at radius 3 is 2.84 bits per heavy atom. The third-order valence-corrected chi connectivity index (χ3v) is 3.92. The number of nitrogens with zero attached hydrogens (tertiary/aromatic N) is 2. The van der Waals surface area contributed by atoms with Crippen molar-refractivity contribution < 1.29 is 9.63 Å². The number of benzene rings is 1. The molecule has 0 saturated carbocycles. The summed E-state index contributed by atoms with van der Waals surface area (Å²) in [5, 5.41) is 12.9. The molecule has 0 aliphatic carbocycles. The Kier molecular flexibility index (Phi) is 5.42. The summed E-state index contributed by atoms with van der Waals surface area (Å²) >= 11 is 1.71. The second-order valence-electron chi connectivity index (χ2n) is 4.57. The van der Waals surface area contributed by atoms with Crippen LogP contribution in [-0.2, 0) is 12.2 Å². The highest BCUT2D eigenvalue weighted by Crippen LogP contribution is 2.14. The van der Waals surface area contributed by atoms with Gasteiger partial charge in [0, 0.05) is 6.61 Å². The van der Waals surface area contributed by atoms with Gasteiger partial charge in [0.2, 0.25) is 5.89 Å². The summed E-state index contributed by atoms with van der Waals surface area (Å²) < 4.78 is 5.23. The van der Waals surface area contributed by atoms with Gasteiger partial charge in [0.1, 0.15) is 0 Å². The van der Waals surface area contributed by atoms with E-state index in [0.717, 1.165) is 17.3 Å².